The number of para-hydroxylation sites is 2. The lowest BCUT2D eigenvalue weighted by Crippen LogP contribution is -2.29. The van der Waals surface area contributed by atoms with Gasteiger partial charge in [-0.05, 0) is 60.7 Å². The molecule has 2 amide bonds. The Kier molecular flexibility index (Phi) is 6.63. The number of benzene rings is 4. The minimum Gasteiger partial charge on any atom is -0.322 e. The smallest absolute Gasteiger partial charge is 0.255 e. The first-order valence-electron chi connectivity index (χ1n) is 10.6. The standard InChI is InChI=1S/C27H19ClN2O2S2/c28-19-8-5-7-18(15-19)27(32)29-20-9-6-10-21(16-20)33-17-26(31)30-22-11-1-3-13-24(22)34-25-14-4-2-12-23(25)30/h1-16H,17H2,(H,29,32). The summed E-state index contributed by atoms with van der Waals surface area (Å²) in [5.74, 6) is 0.0253. The zero-order valence-corrected chi connectivity index (χ0v) is 20.3. The normalized spacial score (nSPS) is 12.0. The summed E-state index contributed by atoms with van der Waals surface area (Å²) in [6, 6.07) is 30.2. The van der Waals surface area contributed by atoms with Gasteiger partial charge in [0.15, 0.2) is 0 Å². The average Bonchev–Trinajstić information content (AvgIpc) is 2.86. The van der Waals surface area contributed by atoms with Gasteiger partial charge in [-0.25, -0.2) is 0 Å². The molecule has 0 radical (unpaired) electrons. The topological polar surface area (TPSA) is 49.4 Å². The molecular formula is C27H19ClN2O2S2. The van der Waals surface area contributed by atoms with Crippen molar-refractivity contribution in [2.24, 2.45) is 0 Å². The first-order chi connectivity index (χ1) is 16.6. The largest absolute Gasteiger partial charge is 0.322 e. The molecule has 0 bridgehead atoms. The van der Waals surface area contributed by atoms with Crippen molar-refractivity contribution < 1.29 is 9.59 Å². The summed E-state index contributed by atoms with van der Waals surface area (Å²) in [7, 11) is 0. The molecule has 0 unspecified atom stereocenters. The summed E-state index contributed by atoms with van der Waals surface area (Å²) in [5.41, 5.74) is 2.95. The molecule has 0 spiro atoms. The highest BCUT2D eigenvalue weighted by Gasteiger charge is 2.27. The molecule has 1 aliphatic rings. The molecule has 34 heavy (non-hydrogen) atoms. The van der Waals surface area contributed by atoms with Crippen LogP contribution in [0.1, 0.15) is 10.4 Å². The van der Waals surface area contributed by atoms with Crippen molar-refractivity contribution in [1.29, 1.82) is 0 Å². The number of halogens is 1. The van der Waals surface area contributed by atoms with Crippen LogP contribution in [0.3, 0.4) is 0 Å². The highest BCUT2D eigenvalue weighted by Crippen LogP contribution is 2.48. The van der Waals surface area contributed by atoms with Crippen LogP contribution >= 0.6 is 35.1 Å². The van der Waals surface area contributed by atoms with Crippen molar-refractivity contribution in [3.8, 4) is 0 Å². The van der Waals surface area contributed by atoms with E-state index in [2.05, 4.69) is 5.32 Å². The van der Waals surface area contributed by atoms with Gasteiger partial charge < -0.3 is 5.32 Å². The molecule has 168 valence electrons. The molecular weight excluding hydrogens is 484 g/mol. The molecule has 0 saturated heterocycles. The highest BCUT2D eigenvalue weighted by atomic mass is 35.5. The maximum absolute atomic E-state index is 13.4. The molecule has 1 aliphatic heterocycles. The number of nitrogens with zero attached hydrogens (tertiary/aromatic N) is 1. The predicted octanol–water partition coefficient (Wildman–Crippen LogP) is 7.51. The second-order valence-electron chi connectivity index (χ2n) is 7.55. The number of carbonyl (C=O) groups is 2. The molecule has 7 heteroatoms. The van der Waals surface area contributed by atoms with E-state index in [1.54, 1.807) is 40.9 Å². The third-order valence-corrected chi connectivity index (χ3v) is 7.57. The van der Waals surface area contributed by atoms with Crippen molar-refractivity contribution in [1.82, 2.24) is 0 Å². The molecule has 0 saturated carbocycles. The Balaban J connectivity index is 1.31. The Morgan fingerprint density at radius 1 is 0.824 bits per heavy atom. The Hall–Kier alpha value is -3.19. The van der Waals surface area contributed by atoms with Crippen molar-refractivity contribution in [2.75, 3.05) is 16.0 Å². The van der Waals surface area contributed by atoms with Gasteiger partial charge in [-0.1, -0.05) is 59.8 Å². The quantitative estimate of drug-likeness (QED) is 0.287. The van der Waals surface area contributed by atoms with Crippen LogP contribution in [0.2, 0.25) is 5.02 Å². The predicted molar refractivity (Wildman–Crippen MR) is 141 cm³/mol. The van der Waals surface area contributed by atoms with Crippen LogP contribution in [0.25, 0.3) is 0 Å². The number of fused-ring (bicyclic) bond motifs is 2. The van der Waals surface area contributed by atoms with Gasteiger partial charge in [-0.2, -0.15) is 0 Å². The molecule has 1 heterocycles. The van der Waals surface area contributed by atoms with E-state index in [9.17, 15) is 9.59 Å². The van der Waals surface area contributed by atoms with Crippen LogP contribution in [0, 0.1) is 0 Å². The van der Waals surface area contributed by atoms with Gasteiger partial charge in [0, 0.05) is 31.0 Å². The molecule has 0 aliphatic carbocycles. The molecule has 4 aromatic carbocycles. The summed E-state index contributed by atoms with van der Waals surface area (Å²) >= 11 is 9.11. The van der Waals surface area contributed by atoms with Gasteiger partial charge in [0.25, 0.3) is 5.91 Å². The third kappa shape index (κ3) is 4.85. The van der Waals surface area contributed by atoms with Gasteiger partial charge in [0.1, 0.15) is 0 Å². The minimum atomic E-state index is -0.236. The fraction of sp³-hybridized carbons (Fsp3) is 0.0370. The minimum absolute atomic E-state index is 0.00133. The lowest BCUT2D eigenvalue weighted by Gasteiger charge is -2.31. The number of rotatable bonds is 5. The van der Waals surface area contributed by atoms with Crippen LogP contribution in [0.15, 0.2) is 112 Å². The Morgan fingerprint density at radius 2 is 1.50 bits per heavy atom. The Bertz CT molecular complexity index is 1350. The number of anilines is 3. The van der Waals surface area contributed by atoms with Gasteiger partial charge in [-0.15, -0.1) is 11.8 Å². The van der Waals surface area contributed by atoms with Gasteiger partial charge in [0.05, 0.1) is 17.1 Å². The average molecular weight is 503 g/mol. The SMILES string of the molecule is O=C(Nc1cccc(SCC(=O)N2c3ccccc3Sc3ccccc32)c1)c1cccc(Cl)c1. The lowest BCUT2D eigenvalue weighted by molar-refractivity contribution is -0.115. The zero-order valence-electron chi connectivity index (χ0n) is 17.9. The van der Waals surface area contributed by atoms with Crippen LogP contribution in [0.5, 0.6) is 0 Å². The zero-order chi connectivity index (χ0) is 23.5. The second-order valence-corrected chi connectivity index (χ2v) is 10.1. The number of hydrogen-bond acceptors (Lipinski definition) is 4. The van der Waals surface area contributed by atoms with E-state index in [0.29, 0.717) is 16.3 Å². The number of nitrogens with one attached hydrogen (secondary N) is 1. The van der Waals surface area contributed by atoms with E-state index in [1.807, 2.05) is 72.8 Å². The van der Waals surface area contributed by atoms with Crippen molar-refractivity contribution in [3.63, 3.8) is 0 Å². The van der Waals surface area contributed by atoms with Crippen LogP contribution in [-0.2, 0) is 4.79 Å². The van der Waals surface area contributed by atoms with Gasteiger partial charge in [-0.3, -0.25) is 14.5 Å². The first kappa shape index (κ1) is 22.6. The van der Waals surface area contributed by atoms with Crippen molar-refractivity contribution in [3.05, 3.63) is 108 Å². The summed E-state index contributed by atoms with van der Waals surface area (Å²) in [5, 5.41) is 3.40. The Morgan fingerprint density at radius 3 is 2.21 bits per heavy atom. The van der Waals surface area contributed by atoms with E-state index in [1.165, 1.54) is 11.8 Å². The van der Waals surface area contributed by atoms with Crippen LogP contribution < -0.4 is 10.2 Å². The molecule has 4 aromatic rings. The van der Waals surface area contributed by atoms with E-state index < -0.39 is 0 Å². The number of amides is 2. The molecule has 0 fully saturated rings. The first-order valence-corrected chi connectivity index (χ1v) is 12.8. The maximum Gasteiger partial charge on any atom is 0.255 e. The van der Waals surface area contributed by atoms with Gasteiger partial charge >= 0.3 is 0 Å². The molecule has 5 rings (SSSR count). The molecule has 4 nitrogen and oxygen atoms in total. The van der Waals surface area contributed by atoms with E-state index in [0.717, 1.165) is 26.1 Å². The lowest BCUT2D eigenvalue weighted by atomic mass is 10.2. The summed E-state index contributed by atoms with van der Waals surface area (Å²) in [4.78, 5) is 30.8. The van der Waals surface area contributed by atoms with Gasteiger partial charge in [0.2, 0.25) is 5.91 Å². The molecule has 1 N–H and O–H groups in total. The Labute approximate surface area is 211 Å². The van der Waals surface area contributed by atoms with E-state index >= 15 is 0 Å². The summed E-state index contributed by atoms with van der Waals surface area (Å²) in [6.07, 6.45) is 0. The number of hydrogen-bond donors (Lipinski definition) is 1. The third-order valence-electron chi connectivity index (χ3n) is 5.22. The number of thioether (sulfide) groups is 1. The summed E-state index contributed by atoms with van der Waals surface area (Å²) in [6.45, 7) is 0. The van der Waals surface area contributed by atoms with E-state index in [-0.39, 0.29) is 17.6 Å². The monoisotopic (exact) mass is 502 g/mol. The van der Waals surface area contributed by atoms with E-state index in [4.69, 9.17) is 11.6 Å². The van der Waals surface area contributed by atoms with Crippen LogP contribution in [-0.4, -0.2) is 17.6 Å². The molecule has 0 aromatic heterocycles. The highest BCUT2D eigenvalue weighted by molar-refractivity contribution is 8.00. The van der Waals surface area contributed by atoms with Crippen LogP contribution in [0.4, 0.5) is 17.1 Å². The van der Waals surface area contributed by atoms with Crippen molar-refractivity contribution in [2.45, 2.75) is 14.7 Å². The maximum atomic E-state index is 13.4. The summed E-state index contributed by atoms with van der Waals surface area (Å²) < 4.78 is 0. The fourth-order valence-corrected chi connectivity index (χ4v) is 5.73. The van der Waals surface area contributed by atoms with Crippen molar-refractivity contribution >= 4 is 64.0 Å². The second kappa shape index (κ2) is 9.97. The molecule has 0 atom stereocenters. The number of carbonyl (C=O) groups excluding carboxylic acids is 2. The fourth-order valence-electron chi connectivity index (χ4n) is 3.68.